The normalized spacial score (nSPS) is 12.9. The van der Waals surface area contributed by atoms with Crippen LogP contribution < -0.4 is 0 Å². The van der Waals surface area contributed by atoms with Crippen molar-refractivity contribution >= 4 is 17.6 Å². The molecule has 4 heteroatoms. The van der Waals surface area contributed by atoms with Gasteiger partial charge in [0.05, 0.1) is 18.6 Å². The maximum absolute atomic E-state index is 11.3. The third-order valence-electron chi connectivity index (χ3n) is 2.17. The molecule has 0 aliphatic heterocycles. The van der Waals surface area contributed by atoms with Crippen molar-refractivity contribution in [3.63, 3.8) is 0 Å². The minimum absolute atomic E-state index is 0.207. The molecule has 0 saturated heterocycles. The van der Waals surface area contributed by atoms with Gasteiger partial charge in [0.1, 0.15) is 0 Å². The summed E-state index contributed by atoms with van der Waals surface area (Å²) < 4.78 is 10.5. The molecule has 1 atom stereocenters. The summed E-state index contributed by atoms with van der Waals surface area (Å²) in [5, 5.41) is 0. The molecule has 0 spiro atoms. The van der Waals surface area contributed by atoms with E-state index >= 15 is 0 Å². The van der Waals surface area contributed by atoms with E-state index in [1.807, 2.05) is 0 Å². The third kappa shape index (κ3) is 10.3. The molecule has 0 aromatic rings. The van der Waals surface area contributed by atoms with Crippen LogP contribution in [0.25, 0.3) is 0 Å². The first-order chi connectivity index (χ1) is 8.24. The molecule has 0 bridgehead atoms. The number of hydrogen-bond acceptors (Lipinski definition) is 3. The van der Waals surface area contributed by atoms with E-state index < -0.39 is 0 Å². The molecule has 0 saturated carbocycles. The monoisotopic (exact) mass is 262 g/mol. The van der Waals surface area contributed by atoms with Crippen LogP contribution in [0.3, 0.4) is 0 Å². The van der Waals surface area contributed by atoms with Crippen molar-refractivity contribution in [1.82, 2.24) is 0 Å². The lowest BCUT2D eigenvalue weighted by atomic mass is 10.3. The first-order valence-corrected chi connectivity index (χ1v) is 6.80. The fraction of sp³-hybridized carbons (Fsp3) is 0.769. The van der Waals surface area contributed by atoms with Gasteiger partial charge in [-0.05, 0) is 18.9 Å². The minimum atomic E-state index is -0.326. The van der Waals surface area contributed by atoms with E-state index in [-0.39, 0.29) is 12.1 Å². The van der Waals surface area contributed by atoms with Crippen LogP contribution in [0, 0.1) is 0 Å². The predicted octanol–water partition coefficient (Wildman–Crippen LogP) is 3.31. The predicted molar refractivity (Wildman–Crippen MR) is 70.4 cm³/mol. The first-order valence-electron chi connectivity index (χ1n) is 6.27. The van der Waals surface area contributed by atoms with E-state index in [0.29, 0.717) is 19.1 Å². The Kier molecular flexibility index (Phi) is 11.6. The quantitative estimate of drug-likeness (QED) is 0.262. The van der Waals surface area contributed by atoms with E-state index in [4.69, 9.17) is 21.1 Å². The van der Waals surface area contributed by atoms with Crippen LogP contribution >= 0.6 is 11.6 Å². The van der Waals surface area contributed by atoms with Gasteiger partial charge in [-0.1, -0.05) is 26.7 Å². The van der Waals surface area contributed by atoms with Crippen molar-refractivity contribution < 1.29 is 14.3 Å². The number of rotatable bonds is 10. The molecule has 0 heterocycles. The highest BCUT2D eigenvalue weighted by molar-refractivity contribution is 6.18. The fourth-order valence-electron chi connectivity index (χ4n) is 1.08. The first kappa shape index (κ1) is 16.5. The summed E-state index contributed by atoms with van der Waals surface area (Å²) in [6.07, 6.45) is 6.85. The highest BCUT2D eigenvalue weighted by atomic mass is 35.5. The SMILES string of the molecule is CCCCOC(=O)/C=C/C(CCl)OCCCC. The Morgan fingerprint density at radius 2 is 1.88 bits per heavy atom. The molecule has 17 heavy (non-hydrogen) atoms. The fourth-order valence-corrected chi connectivity index (χ4v) is 1.27. The molecule has 0 amide bonds. The number of carbonyl (C=O) groups excluding carboxylic acids is 1. The van der Waals surface area contributed by atoms with Crippen molar-refractivity contribution in [3.8, 4) is 0 Å². The van der Waals surface area contributed by atoms with Gasteiger partial charge in [-0.3, -0.25) is 0 Å². The van der Waals surface area contributed by atoms with Crippen LogP contribution in [0.4, 0.5) is 0 Å². The third-order valence-corrected chi connectivity index (χ3v) is 2.48. The van der Waals surface area contributed by atoms with Gasteiger partial charge in [0.25, 0.3) is 0 Å². The van der Waals surface area contributed by atoms with Gasteiger partial charge in [-0.25, -0.2) is 4.79 Å². The van der Waals surface area contributed by atoms with Crippen LogP contribution in [0.5, 0.6) is 0 Å². The smallest absolute Gasteiger partial charge is 0.330 e. The molecule has 0 rings (SSSR count). The van der Waals surface area contributed by atoms with Crippen LogP contribution in [-0.4, -0.2) is 31.2 Å². The number of alkyl halides is 1. The van der Waals surface area contributed by atoms with Crippen LogP contribution in [0.2, 0.25) is 0 Å². The summed E-state index contributed by atoms with van der Waals surface area (Å²) in [6.45, 7) is 5.29. The van der Waals surface area contributed by atoms with E-state index in [0.717, 1.165) is 25.7 Å². The Morgan fingerprint density at radius 3 is 2.47 bits per heavy atom. The Bertz CT molecular complexity index is 217. The number of carbonyl (C=O) groups is 1. The average Bonchev–Trinajstić information content (AvgIpc) is 2.34. The second kappa shape index (κ2) is 11.9. The number of esters is 1. The minimum Gasteiger partial charge on any atom is -0.463 e. The summed E-state index contributed by atoms with van der Waals surface area (Å²) >= 11 is 5.73. The molecular formula is C13H23ClO3. The van der Waals surface area contributed by atoms with Gasteiger partial charge in [-0.15, -0.1) is 11.6 Å². The van der Waals surface area contributed by atoms with Gasteiger partial charge in [-0.2, -0.15) is 0 Å². The molecule has 100 valence electrons. The zero-order valence-corrected chi connectivity index (χ0v) is 11.5. The maximum atomic E-state index is 11.3. The summed E-state index contributed by atoms with van der Waals surface area (Å²) in [5.41, 5.74) is 0. The van der Waals surface area contributed by atoms with Gasteiger partial charge < -0.3 is 9.47 Å². The van der Waals surface area contributed by atoms with Gasteiger partial charge >= 0.3 is 5.97 Å². The maximum Gasteiger partial charge on any atom is 0.330 e. The van der Waals surface area contributed by atoms with Crippen LogP contribution in [0.1, 0.15) is 39.5 Å². The molecule has 1 unspecified atom stereocenters. The molecule has 3 nitrogen and oxygen atoms in total. The van der Waals surface area contributed by atoms with Crippen molar-refractivity contribution in [2.24, 2.45) is 0 Å². The summed E-state index contributed by atoms with van der Waals surface area (Å²) in [4.78, 5) is 11.3. The topological polar surface area (TPSA) is 35.5 Å². The molecule has 0 aliphatic carbocycles. The van der Waals surface area contributed by atoms with E-state index in [9.17, 15) is 4.79 Å². The molecule has 0 radical (unpaired) electrons. The second-order valence-corrected chi connectivity index (χ2v) is 4.11. The van der Waals surface area contributed by atoms with E-state index in [1.165, 1.54) is 6.08 Å². The number of ether oxygens (including phenoxy) is 2. The summed E-state index contributed by atoms with van der Waals surface area (Å²) in [6, 6.07) is 0. The molecule has 0 fully saturated rings. The lowest BCUT2D eigenvalue weighted by Crippen LogP contribution is -2.13. The highest BCUT2D eigenvalue weighted by Gasteiger charge is 2.04. The largest absolute Gasteiger partial charge is 0.463 e. The van der Waals surface area contributed by atoms with Crippen molar-refractivity contribution in [1.29, 1.82) is 0 Å². The Hall–Kier alpha value is -0.540. The lowest BCUT2D eigenvalue weighted by molar-refractivity contribution is -0.137. The molecule has 0 N–H and O–H groups in total. The van der Waals surface area contributed by atoms with Crippen LogP contribution in [-0.2, 0) is 14.3 Å². The summed E-state index contributed by atoms with van der Waals surface area (Å²) in [5.74, 6) is 0.0234. The van der Waals surface area contributed by atoms with E-state index in [1.54, 1.807) is 6.08 Å². The summed E-state index contributed by atoms with van der Waals surface area (Å²) in [7, 11) is 0. The second-order valence-electron chi connectivity index (χ2n) is 3.80. The van der Waals surface area contributed by atoms with Gasteiger partial charge in [0, 0.05) is 12.7 Å². The highest BCUT2D eigenvalue weighted by Crippen LogP contribution is 2.01. The molecule has 0 aromatic carbocycles. The molecular weight excluding hydrogens is 240 g/mol. The van der Waals surface area contributed by atoms with Crippen LogP contribution in [0.15, 0.2) is 12.2 Å². The molecule has 0 aliphatic rings. The Labute approximate surface area is 109 Å². The standard InChI is InChI=1S/C13H23ClO3/c1-3-5-9-16-12(11-14)7-8-13(15)17-10-6-4-2/h7-8,12H,3-6,9-11H2,1-2H3/b8-7+. The zero-order valence-electron chi connectivity index (χ0n) is 10.8. The van der Waals surface area contributed by atoms with Crippen molar-refractivity contribution in [2.75, 3.05) is 19.1 Å². The van der Waals surface area contributed by atoms with Crippen molar-refractivity contribution in [3.05, 3.63) is 12.2 Å². The van der Waals surface area contributed by atoms with E-state index in [2.05, 4.69) is 13.8 Å². The Balaban J connectivity index is 3.79. The average molecular weight is 263 g/mol. The van der Waals surface area contributed by atoms with Crippen molar-refractivity contribution in [2.45, 2.75) is 45.6 Å². The molecule has 0 aromatic heterocycles. The lowest BCUT2D eigenvalue weighted by Gasteiger charge is -2.10. The Morgan fingerprint density at radius 1 is 1.24 bits per heavy atom. The van der Waals surface area contributed by atoms with Gasteiger partial charge in [0.15, 0.2) is 0 Å². The zero-order chi connectivity index (χ0) is 12.9. The number of halogens is 1. The van der Waals surface area contributed by atoms with Gasteiger partial charge in [0.2, 0.25) is 0 Å². The number of hydrogen-bond donors (Lipinski definition) is 0. The number of unbranched alkanes of at least 4 members (excludes halogenated alkanes) is 2.